The standard InChI is InChI=1S/C9H17N3/c1-4-8-7(2)11-9(12-8)5-6-10-3/h10H,4-6H2,1-3H3,(H,11,12). The van der Waals surface area contributed by atoms with Gasteiger partial charge in [0.2, 0.25) is 0 Å². The minimum Gasteiger partial charge on any atom is -0.346 e. The Morgan fingerprint density at radius 1 is 1.50 bits per heavy atom. The number of aromatic nitrogens is 2. The summed E-state index contributed by atoms with van der Waals surface area (Å²) in [6.45, 7) is 5.19. The van der Waals surface area contributed by atoms with Gasteiger partial charge in [-0.25, -0.2) is 4.98 Å². The first-order chi connectivity index (χ1) is 5.77. The van der Waals surface area contributed by atoms with Gasteiger partial charge in [-0.15, -0.1) is 0 Å². The van der Waals surface area contributed by atoms with Crippen LogP contribution in [0.4, 0.5) is 0 Å². The molecule has 1 heterocycles. The van der Waals surface area contributed by atoms with Crippen LogP contribution in [-0.2, 0) is 12.8 Å². The van der Waals surface area contributed by atoms with Crippen LogP contribution in [0, 0.1) is 6.92 Å². The van der Waals surface area contributed by atoms with E-state index in [2.05, 4.69) is 29.1 Å². The van der Waals surface area contributed by atoms with Crippen LogP contribution < -0.4 is 5.32 Å². The molecule has 0 radical (unpaired) electrons. The van der Waals surface area contributed by atoms with Crippen molar-refractivity contribution in [3.8, 4) is 0 Å². The lowest BCUT2D eigenvalue weighted by Gasteiger charge is -1.93. The van der Waals surface area contributed by atoms with Crippen molar-refractivity contribution < 1.29 is 0 Å². The molecule has 3 heteroatoms. The summed E-state index contributed by atoms with van der Waals surface area (Å²) in [6.07, 6.45) is 2.00. The number of aryl methyl sites for hydroxylation is 2. The highest BCUT2D eigenvalue weighted by molar-refractivity contribution is 5.12. The summed E-state index contributed by atoms with van der Waals surface area (Å²) in [4.78, 5) is 7.75. The van der Waals surface area contributed by atoms with Crippen molar-refractivity contribution in [1.82, 2.24) is 15.3 Å². The van der Waals surface area contributed by atoms with Gasteiger partial charge in [0.25, 0.3) is 0 Å². The van der Waals surface area contributed by atoms with E-state index < -0.39 is 0 Å². The molecule has 0 spiro atoms. The zero-order valence-corrected chi connectivity index (χ0v) is 8.07. The molecule has 1 aromatic rings. The molecule has 1 aromatic heterocycles. The molecule has 0 fully saturated rings. The van der Waals surface area contributed by atoms with Gasteiger partial charge in [0.05, 0.1) is 5.69 Å². The summed E-state index contributed by atoms with van der Waals surface area (Å²) in [5.74, 6) is 1.10. The van der Waals surface area contributed by atoms with Gasteiger partial charge in [-0.2, -0.15) is 0 Å². The molecule has 0 saturated carbocycles. The van der Waals surface area contributed by atoms with Gasteiger partial charge < -0.3 is 10.3 Å². The predicted octanol–water partition coefficient (Wildman–Crippen LogP) is 1.04. The molecule has 0 bridgehead atoms. The Kier molecular flexibility index (Phi) is 3.29. The van der Waals surface area contributed by atoms with Gasteiger partial charge in [-0.05, 0) is 20.4 Å². The van der Waals surface area contributed by atoms with Crippen molar-refractivity contribution in [2.75, 3.05) is 13.6 Å². The Hall–Kier alpha value is -0.830. The lowest BCUT2D eigenvalue weighted by molar-refractivity contribution is 0.761. The van der Waals surface area contributed by atoms with Gasteiger partial charge in [0, 0.05) is 18.7 Å². The molecule has 0 unspecified atom stereocenters. The largest absolute Gasteiger partial charge is 0.346 e. The fraction of sp³-hybridized carbons (Fsp3) is 0.667. The first kappa shape index (κ1) is 9.26. The minimum absolute atomic E-state index is 0.982. The van der Waals surface area contributed by atoms with Crippen LogP contribution in [0.15, 0.2) is 0 Å². The summed E-state index contributed by atoms with van der Waals surface area (Å²) in [5, 5.41) is 3.10. The number of hydrogen-bond donors (Lipinski definition) is 2. The Labute approximate surface area is 73.6 Å². The van der Waals surface area contributed by atoms with Crippen LogP contribution in [0.25, 0.3) is 0 Å². The van der Waals surface area contributed by atoms with Crippen molar-refractivity contribution in [3.05, 3.63) is 17.2 Å². The van der Waals surface area contributed by atoms with Gasteiger partial charge in [-0.3, -0.25) is 0 Å². The maximum Gasteiger partial charge on any atom is 0.107 e. The van der Waals surface area contributed by atoms with Crippen LogP contribution in [0.1, 0.15) is 24.1 Å². The highest BCUT2D eigenvalue weighted by Gasteiger charge is 2.02. The van der Waals surface area contributed by atoms with Crippen molar-refractivity contribution in [2.45, 2.75) is 26.7 Å². The van der Waals surface area contributed by atoms with E-state index in [1.807, 2.05) is 7.05 Å². The normalized spacial score (nSPS) is 10.6. The number of rotatable bonds is 4. The summed E-state index contributed by atoms with van der Waals surface area (Å²) in [7, 11) is 1.95. The van der Waals surface area contributed by atoms with Crippen LogP contribution in [0.3, 0.4) is 0 Å². The zero-order chi connectivity index (χ0) is 8.97. The monoisotopic (exact) mass is 167 g/mol. The second-order valence-electron chi connectivity index (χ2n) is 2.96. The number of nitrogens with one attached hydrogen (secondary N) is 2. The van der Waals surface area contributed by atoms with Gasteiger partial charge >= 0.3 is 0 Å². The molecular formula is C9H17N3. The Morgan fingerprint density at radius 2 is 2.25 bits per heavy atom. The molecule has 0 aliphatic rings. The van der Waals surface area contributed by atoms with E-state index in [0.29, 0.717) is 0 Å². The number of likely N-dealkylation sites (N-methyl/N-ethyl adjacent to an activating group) is 1. The number of aromatic amines is 1. The molecule has 0 atom stereocenters. The molecule has 0 aromatic carbocycles. The molecule has 1 rings (SSSR count). The lowest BCUT2D eigenvalue weighted by Crippen LogP contribution is -2.11. The van der Waals surface area contributed by atoms with Crippen molar-refractivity contribution in [2.24, 2.45) is 0 Å². The molecule has 3 nitrogen and oxygen atoms in total. The number of imidazole rings is 1. The maximum atomic E-state index is 4.47. The topological polar surface area (TPSA) is 40.7 Å². The van der Waals surface area contributed by atoms with Gasteiger partial charge in [0.1, 0.15) is 5.82 Å². The quantitative estimate of drug-likeness (QED) is 0.703. The SMILES string of the molecule is CCc1nc(CCNC)[nH]c1C. The van der Waals surface area contributed by atoms with E-state index in [9.17, 15) is 0 Å². The minimum atomic E-state index is 0.982. The summed E-state index contributed by atoms with van der Waals surface area (Å²) >= 11 is 0. The molecule has 0 saturated heterocycles. The highest BCUT2D eigenvalue weighted by atomic mass is 14.9. The molecule has 0 amide bonds. The molecule has 0 aliphatic heterocycles. The zero-order valence-electron chi connectivity index (χ0n) is 8.07. The average Bonchev–Trinajstić information content (AvgIpc) is 2.43. The third-order valence-electron chi connectivity index (χ3n) is 1.98. The third kappa shape index (κ3) is 2.08. The van der Waals surface area contributed by atoms with Crippen LogP contribution in [0.5, 0.6) is 0 Å². The maximum absolute atomic E-state index is 4.47. The number of H-pyrrole nitrogens is 1. The molecule has 12 heavy (non-hydrogen) atoms. The molecule has 0 aliphatic carbocycles. The Morgan fingerprint density at radius 3 is 2.75 bits per heavy atom. The van der Waals surface area contributed by atoms with Crippen LogP contribution in [-0.4, -0.2) is 23.6 Å². The predicted molar refractivity (Wildman–Crippen MR) is 50.3 cm³/mol. The third-order valence-corrected chi connectivity index (χ3v) is 1.98. The number of nitrogens with zero attached hydrogens (tertiary/aromatic N) is 1. The second kappa shape index (κ2) is 4.26. The van der Waals surface area contributed by atoms with Crippen LogP contribution in [0.2, 0.25) is 0 Å². The van der Waals surface area contributed by atoms with Crippen molar-refractivity contribution >= 4 is 0 Å². The Balaban J connectivity index is 2.62. The summed E-state index contributed by atoms with van der Waals surface area (Å²) in [6, 6.07) is 0. The molecule has 2 N–H and O–H groups in total. The van der Waals surface area contributed by atoms with Gasteiger partial charge in [-0.1, -0.05) is 6.92 Å². The van der Waals surface area contributed by atoms with E-state index >= 15 is 0 Å². The first-order valence-electron chi connectivity index (χ1n) is 4.46. The fourth-order valence-electron chi connectivity index (χ4n) is 1.27. The van der Waals surface area contributed by atoms with E-state index in [-0.39, 0.29) is 0 Å². The first-order valence-corrected chi connectivity index (χ1v) is 4.46. The highest BCUT2D eigenvalue weighted by Crippen LogP contribution is 2.05. The van der Waals surface area contributed by atoms with E-state index in [4.69, 9.17) is 0 Å². The lowest BCUT2D eigenvalue weighted by atomic mass is 10.3. The van der Waals surface area contributed by atoms with E-state index in [1.54, 1.807) is 0 Å². The Bertz CT molecular complexity index is 240. The molecule has 68 valence electrons. The van der Waals surface area contributed by atoms with Crippen LogP contribution >= 0.6 is 0 Å². The van der Waals surface area contributed by atoms with Gasteiger partial charge in [0.15, 0.2) is 0 Å². The number of hydrogen-bond acceptors (Lipinski definition) is 2. The average molecular weight is 167 g/mol. The van der Waals surface area contributed by atoms with E-state index in [0.717, 1.165) is 25.2 Å². The van der Waals surface area contributed by atoms with Crippen molar-refractivity contribution in [3.63, 3.8) is 0 Å². The summed E-state index contributed by atoms with van der Waals surface area (Å²) in [5.41, 5.74) is 2.41. The molecular weight excluding hydrogens is 150 g/mol. The smallest absolute Gasteiger partial charge is 0.107 e. The van der Waals surface area contributed by atoms with Crippen molar-refractivity contribution in [1.29, 1.82) is 0 Å². The second-order valence-corrected chi connectivity index (χ2v) is 2.96. The summed E-state index contributed by atoms with van der Waals surface area (Å²) < 4.78 is 0. The fourth-order valence-corrected chi connectivity index (χ4v) is 1.27. The van der Waals surface area contributed by atoms with E-state index in [1.165, 1.54) is 11.4 Å².